The van der Waals surface area contributed by atoms with Crippen LogP contribution in [0.1, 0.15) is 26.7 Å². The van der Waals surface area contributed by atoms with Crippen LogP contribution in [0.25, 0.3) is 0 Å². The zero-order valence-corrected chi connectivity index (χ0v) is 16.6. The molecule has 0 saturated carbocycles. The number of rotatable bonds is 5. The quantitative estimate of drug-likeness (QED) is 0.567. The summed E-state index contributed by atoms with van der Waals surface area (Å²) in [4.78, 5) is 32.3. The molecule has 0 radical (unpaired) electrons. The summed E-state index contributed by atoms with van der Waals surface area (Å²) in [6.07, 6.45) is 1.29. The Hall–Kier alpha value is -1.13. The van der Waals surface area contributed by atoms with Gasteiger partial charge in [-0.3, -0.25) is 9.63 Å². The van der Waals surface area contributed by atoms with E-state index >= 15 is 0 Å². The molecule has 0 bridgehead atoms. The van der Waals surface area contributed by atoms with Gasteiger partial charge in [0.25, 0.3) is 0 Å². The maximum absolute atomic E-state index is 12.4. The van der Waals surface area contributed by atoms with Gasteiger partial charge in [0.1, 0.15) is 5.70 Å². The number of carbonyl (C=O) groups excluding carboxylic acids is 1. The van der Waals surface area contributed by atoms with E-state index in [0.29, 0.717) is 0 Å². The van der Waals surface area contributed by atoms with Crippen LogP contribution < -0.4 is 5.32 Å². The van der Waals surface area contributed by atoms with E-state index in [0.717, 1.165) is 30.8 Å². The zero-order chi connectivity index (χ0) is 19.5. The van der Waals surface area contributed by atoms with E-state index in [9.17, 15) is 19.8 Å². The maximum Gasteiger partial charge on any atom is 0.353 e. The van der Waals surface area contributed by atoms with Gasteiger partial charge in [0, 0.05) is 42.3 Å². The van der Waals surface area contributed by atoms with Crippen LogP contribution in [0.15, 0.2) is 10.6 Å². The van der Waals surface area contributed by atoms with E-state index < -0.39 is 18.0 Å². The topological polar surface area (TPSA) is 102 Å². The minimum Gasteiger partial charge on any atom is -0.477 e. The van der Waals surface area contributed by atoms with Gasteiger partial charge in [0.2, 0.25) is 5.91 Å². The summed E-state index contributed by atoms with van der Waals surface area (Å²) in [5.74, 6) is -1.93. The second-order valence-electron chi connectivity index (χ2n) is 8.05. The number of carboxylic acids is 1. The molecule has 1 amide bonds. The predicted octanol–water partition coefficient (Wildman–Crippen LogP) is 0.240. The molecule has 3 N–H and O–H groups in total. The largest absolute Gasteiger partial charge is 0.477 e. The Kier molecular flexibility index (Phi) is 5.00. The first-order valence-electron chi connectivity index (χ1n) is 9.56. The zero-order valence-electron chi connectivity index (χ0n) is 15.8. The Morgan fingerprint density at radius 2 is 2.19 bits per heavy atom. The number of carbonyl (C=O) groups is 2. The van der Waals surface area contributed by atoms with Gasteiger partial charge in [-0.2, -0.15) is 5.06 Å². The average molecular weight is 397 g/mol. The van der Waals surface area contributed by atoms with Crippen LogP contribution >= 0.6 is 11.8 Å². The van der Waals surface area contributed by atoms with Crippen molar-refractivity contribution in [2.75, 3.05) is 20.1 Å². The van der Waals surface area contributed by atoms with Gasteiger partial charge in [-0.05, 0) is 19.8 Å². The van der Waals surface area contributed by atoms with Crippen LogP contribution in [-0.2, 0) is 14.4 Å². The Morgan fingerprint density at radius 1 is 1.44 bits per heavy atom. The summed E-state index contributed by atoms with van der Waals surface area (Å²) >= 11 is 1.58. The highest BCUT2D eigenvalue weighted by molar-refractivity contribution is 8.03. The number of carboxylic acid groups (broad SMARTS) is 1. The van der Waals surface area contributed by atoms with Gasteiger partial charge < -0.3 is 20.4 Å². The summed E-state index contributed by atoms with van der Waals surface area (Å²) < 4.78 is 0. The van der Waals surface area contributed by atoms with E-state index in [-0.39, 0.29) is 41.0 Å². The Labute approximate surface area is 162 Å². The van der Waals surface area contributed by atoms with Gasteiger partial charge in [-0.1, -0.05) is 6.92 Å². The fourth-order valence-corrected chi connectivity index (χ4v) is 6.38. The molecule has 4 heterocycles. The van der Waals surface area contributed by atoms with Crippen LogP contribution in [0.3, 0.4) is 0 Å². The number of nitrogens with zero attached hydrogens (tertiary/aromatic N) is 2. The molecule has 0 aromatic heterocycles. The van der Waals surface area contributed by atoms with Gasteiger partial charge in [0.05, 0.1) is 24.2 Å². The van der Waals surface area contributed by atoms with Crippen molar-refractivity contribution < 1.29 is 24.6 Å². The van der Waals surface area contributed by atoms with E-state index in [1.165, 1.54) is 4.90 Å². The smallest absolute Gasteiger partial charge is 0.353 e. The number of aliphatic hydroxyl groups excluding tert-OH is 1. The van der Waals surface area contributed by atoms with E-state index in [1.54, 1.807) is 18.7 Å². The molecule has 8 nitrogen and oxygen atoms in total. The lowest BCUT2D eigenvalue weighted by atomic mass is 9.79. The third-order valence-electron chi connectivity index (χ3n) is 6.22. The highest BCUT2D eigenvalue weighted by Crippen LogP contribution is 2.51. The number of amides is 1. The summed E-state index contributed by atoms with van der Waals surface area (Å²) in [7, 11) is 1.94. The lowest BCUT2D eigenvalue weighted by Crippen LogP contribution is -2.63. The van der Waals surface area contributed by atoms with Crippen molar-refractivity contribution in [1.82, 2.24) is 15.3 Å². The fraction of sp³-hybridized carbons (Fsp3) is 0.778. The van der Waals surface area contributed by atoms with Crippen LogP contribution in [0.5, 0.6) is 0 Å². The second-order valence-corrected chi connectivity index (χ2v) is 9.39. The molecule has 0 aromatic carbocycles. The number of fused-ring (bicyclic) bond motifs is 1. The van der Waals surface area contributed by atoms with Crippen LogP contribution in [-0.4, -0.2) is 81.7 Å². The van der Waals surface area contributed by atoms with Crippen molar-refractivity contribution in [2.45, 2.75) is 56.2 Å². The first-order valence-corrected chi connectivity index (χ1v) is 10.4. The van der Waals surface area contributed by atoms with Crippen molar-refractivity contribution >= 4 is 23.6 Å². The molecule has 1 unspecified atom stereocenters. The Morgan fingerprint density at radius 3 is 2.78 bits per heavy atom. The number of aliphatic carboxylic acids is 1. The number of hydroxylamine groups is 2. The molecule has 150 valence electrons. The molecular weight excluding hydrogens is 370 g/mol. The number of nitrogens with one attached hydrogen (secondary N) is 1. The fourth-order valence-electron chi connectivity index (χ4n) is 4.88. The van der Waals surface area contributed by atoms with Crippen molar-refractivity contribution in [1.29, 1.82) is 0 Å². The molecule has 4 rings (SSSR count). The van der Waals surface area contributed by atoms with Gasteiger partial charge in [0.15, 0.2) is 0 Å². The summed E-state index contributed by atoms with van der Waals surface area (Å²) in [6, 6.07) is 0.0185. The SMILES string of the molecule is C[C@@H](O)[C@H]1C(=O)N2C(C(=O)O)=C(S[C@@H]3CN[C@H](C4CCN(C)O4)C3)[C@H](C)[C@H]12. The first kappa shape index (κ1) is 19.2. The Bertz CT molecular complexity index is 684. The molecule has 0 spiro atoms. The van der Waals surface area contributed by atoms with Crippen LogP contribution in [0, 0.1) is 11.8 Å². The van der Waals surface area contributed by atoms with E-state index in [1.807, 2.05) is 19.0 Å². The minimum absolute atomic E-state index is 0.0775. The molecule has 0 aromatic rings. The standard InChI is InChI=1S/C18H27N3O5S/c1-8-14-13(9(2)22)17(23)21(14)15(18(24)25)16(8)27-10-6-11(19-7-10)12-4-5-20(3)26-12/h8-14,19,22H,4-7H2,1-3H3,(H,24,25)/t8-,9-,10+,11+,12?,13-,14-/m1/s1. The predicted molar refractivity (Wildman–Crippen MR) is 99.5 cm³/mol. The molecule has 7 atom stereocenters. The molecule has 27 heavy (non-hydrogen) atoms. The molecule has 3 saturated heterocycles. The minimum atomic E-state index is -1.06. The van der Waals surface area contributed by atoms with Crippen molar-refractivity contribution in [3.8, 4) is 0 Å². The number of aliphatic hydroxyl groups is 1. The van der Waals surface area contributed by atoms with Gasteiger partial charge in [-0.15, -0.1) is 11.8 Å². The third-order valence-corrected chi connectivity index (χ3v) is 7.73. The van der Waals surface area contributed by atoms with Crippen LogP contribution in [0.4, 0.5) is 0 Å². The summed E-state index contributed by atoms with van der Waals surface area (Å²) in [5.41, 5.74) is 0.111. The lowest BCUT2D eigenvalue weighted by molar-refractivity contribution is -0.163. The Balaban J connectivity index is 1.48. The summed E-state index contributed by atoms with van der Waals surface area (Å²) in [6.45, 7) is 5.28. The molecule has 3 fully saturated rings. The number of hydrogen-bond acceptors (Lipinski definition) is 7. The highest BCUT2D eigenvalue weighted by atomic mass is 32.2. The number of hydrogen-bond donors (Lipinski definition) is 3. The lowest BCUT2D eigenvalue weighted by Gasteiger charge is -2.46. The molecule has 9 heteroatoms. The highest BCUT2D eigenvalue weighted by Gasteiger charge is 2.60. The van der Waals surface area contributed by atoms with Crippen molar-refractivity contribution in [2.24, 2.45) is 11.8 Å². The normalized spacial score (nSPS) is 40.4. The number of thioether (sulfide) groups is 1. The maximum atomic E-state index is 12.4. The monoisotopic (exact) mass is 397 g/mol. The molecule has 4 aliphatic heterocycles. The molecule has 4 aliphatic rings. The van der Waals surface area contributed by atoms with Crippen molar-refractivity contribution in [3.63, 3.8) is 0 Å². The average Bonchev–Trinajstić information content (AvgIpc) is 3.27. The summed E-state index contributed by atoms with van der Waals surface area (Å²) in [5, 5.41) is 25.3. The van der Waals surface area contributed by atoms with Crippen LogP contribution in [0.2, 0.25) is 0 Å². The molecule has 0 aliphatic carbocycles. The van der Waals surface area contributed by atoms with E-state index in [4.69, 9.17) is 4.84 Å². The van der Waals surface area contributed by atoms with Gasteiger partial charge in [-0.25, -0.2) is 4.79 Å². The second kappa shape index (κ2) is 7.04. The van der Waals surface area contributed by atoms with E-state index in [2.05, 4.69) is 5.32 Å². The van der Waals surface area contributed by atoms with Crippen molar-refractivity contribution in [3.05, 3.63) is 10.6 Å². The first-order chi connectivity index (χ1) is 12.8. The van der Waals surface area contributed by atoms with Gasteiger partial charge >= 0.3 is 5.97 Å². The molecular formula is C18H27N3O5S. The number of β-lactam (4-membered cyclic amide) rings is 1. The third kappa shape index (κ3) is 3.09.